The number of hydrogen-bond acceptors (Lipinski definition) is 7. The Morgan fingerprint density at radius 2 is 2.04 bits per heavy atom. The van der Waals surface area contributed by atoms with E-state index in [-0.39, 0.29) is 35.8 Å². The van der Waals surface area contributed by atoms with Crippen molar-refractivity contribution < 1.29 is 29.2 Å². The second kappa shape index (κ2) is 7.64. The van der Waals surface area contributed by atoms with E-state index in [9.17, 15) is 29.6 Å². The molecule has 11 heteroatoms. The van der Waals surface area contributed by atoms with E-state index in [1.54, 1.807) is 6.07 Å². The summed E-state index contributed by atoms with van der Waals surface area (Å²) in [4.78, 5) is 47.2. The van der Waals surface area contributed by atoms with Crippen LogP contribution in [0.3, 0.4) is 0 Å². The van der Waals surface area contributed by atoms with Gasteiger partial charge >= 0.3 is 11.9 Å². The molecule has 0 aromatic heterocycles. The van der Waals surface area contributed by atoms with Crippen molar-refractivity contribution in [1.29, 1.82) is 0 Å². The van der Waals surface area contributed by atoms with Gasteiger partial charge in [0.2, 0.25) is 5.91 Å². The van der Waals surface area contributed by atoms with Crippen molar-refractivity contribution in [3.8, 4) is 5.75 Å². The van der Waals surface area contributed by atoms with E-state index in [0.717, 1.165) is 6.07 Å². The Hall–Kier alpha value is -3.47. The third kappa shape index (κ3) is 4.09. The fraction of sp³-hybridized carbons (Fsp3) is 0.118. The monoisotopic (exact) mass is 449 g/mol. The van der Waals surface area contributed by atoms with Gasteiger partial charge in [-0.05, 0) is 24.3 Å². The summed E-state index contributed by atoms with van der Waals surface area (Å²) in [6.07, 6.45) is 0. The number of nitrogens with zero attached hydrogens (tertiary/aromatic N) is 2. The Morgan fingerprint density at radius 1 is 1.29 bits per heavy atom. The van der Waals surface area contributed by atoms with Crippen LogP contribution >= 0.6 is 15.9 Å². The molecule has 0 saturated heterocycles. The molecule has 0 radical (unpaired) electrons. The van der Waals surface area contributed by atoms with Crippen molar-refractivity contribution in [1.82, 2.24) is 0 Å². The summed E-state index contributed by atoms with van der Waals surface area (Å²) in [5.41, 5.74) is 0.0921. The molecule has 0 saturated carbocycles. The van der Waals surface area contributed by atoms with Crippen molar-refractivity contribution in [2.45, 2.75) is 0 Å². The zero-order chi connectivity index (χ0) is 20.4. The van der Waals surface area contributed by atoms with Gasteiger partial charge in [-0.15, -0.1) is 0 Å². The number of benzene rings is 2. The van der Waals surface area contributed by atoms with E-state index < -0.39 is 22.8 Å². The highest BCUT2D eigenvalue weighted by Gasteiger charge is 2.28. The third-order valence-electron chi connectivity index (χ3n) is 3.86. The van der Waals surface area contributed by atoms with Gasteiger partial charge in [0.1, 0.15) is 6.54 Å². The molecular weight excluding hydrogens is 438 g/mol. The number of nitro groups is 1. The molecule has 144 valence electrons. The SMILES string of the molecule is O=C(CN1CC(=O)Oc2cc([N+](=O)[O-])ccc21)Nc1ccc(Br)cc1C(=O)O. The second-order valence-electron chi connectivity index (χ2n) is 5.78. The number of carbonyl (C=O) groups excluding carboxylic acids is 2. The highest BCUT2D eigenvalue weighted by atomic mass is 79.9. The van der Waals surface area contributed by atoms with Gasteiger partial charge in [0.05, 0.1) is 34.5 Å². The molecule has 1 aliphatic heterocycles. The Bertz CT molecular complexity index is 1010. The summed E-state index contributed by atoms with van der Waals surface area (Å²) in [6.45, 7) is -0.514. The minimum absolute atomic E-state index is 0.0203. The summed E-state index contributed by atoms with van der Waals surface area (Å²) in [6, 6.07) is 8.09. The summed E-state index contributed by atoms with van der Waals surface area (Å²) >= 11 is 3.17. The van der Waals surface area contributed by atoms with Gasteiger partial charge in [0, 0.05) is 10.5 Å². The van der Waals surface area contributed by atoms with Crippen molar-refractivity contribution in [2.24, 2.45) is 0 Å². The molecular formula is C17H12BrN3O7. The number of anilines is 2. The first kappa shape index (κ1) is 19.3. The molecule has 0 spiro atoms. The first-order chi connectivity index (χ1) is 13.2. The van der Waals surface area contributed by atoms with Gasteiger partial charge in [-0.3, -0.25) is 14.9 Å². The molecule has 0 fully saturated rings. The quantitative estimate of drug-likeness (QED) is 0.307. The van der Waals surface area contributed by atoms with Crippen LogP contribution < -0.4 is 15.0 Å². The topological polar surface area (TPSA) is 139 Å². The van der Waals surface area contributed by atoms with E-state index in [1.807, 2.05) is 0 Å². The van der Waals surface area contributed by atoms with Crippen LogP contribution in [0.5, 0.6) is 5.75 Å². The predicted molar refractivity (Wildman–Crippen MR) is 101 cm³/mol. The summed E-state index contributed by atoms with van der Waals surface area (Å²) < 4.78 is 5.56. The van der Waals surface area contributed by atoms with Crippen molar-refractivity contribution >= 4 is 50.8 Å². The van der Waals surface area contributed by atoms with Gasteiger partial charge in [-0.1, -0.05) is 15.9 Å². The van der Waals surface area contributed by atoms with E-state index in [2.05, 4.69) is 21.2 Å². The number of ether oxygens (including phenoxy) is 1. The van der Waals surface area contributed by atoms with Crippen LogP contribution in [-0.2, 0) is 9.59 Å². The molecule has 2 N–H and O–H groups in total. The number of non-ortho nitro benzene ring substituents is 1. The van der Waals surface area contributed by atoms with Gasteiger partial charge in [-0.2, -0.15) is 0 Å². The minimum atomic E-state index is -1.21. The molecule has 2 aromatic carbocycles. The average Bonchev–Trinajstić information content (AvgIpc) is 2.62. The number of rotatable bonds is 5. The number of carboxylic acids is 1. The van der Waals surface area contributed by atoms with E-state index in [1.165, 1.54) is 29.2 Å². The van der Waals surface area contributed by atoms with Crippen LogP contribution in [-0.4, -0.2) is 41.0 Å². The summed E-state index contributed by atoms with van der Waals surface area (Å²) in [5.74, 6) is -2.47. The summed E-state index contributed by atoms with van der Waals surface area (Å²) in [7, 11) is 0. The van der Waals surface area contributed by atoms with Crippen molar-refractivity contribution in [2.75, 3.05) is 23.3 Å². The van der Waals surface area contributed by atoms with Crippen LogP contribution in [0.15, 0.2) is 40.9 Å². The molecule has 1 heterocycles. The van der Waals surface area contributed by atoms with Crippen molar-refractivity contribution in [3.63, 3.8) is 0 Å². The molecule has 1 amide bonds. The highest BCUT2D eigenvalue weighted by molar-refractivity contribution is 9.10. The van der Waals surface area contributed by atoms with E-state index in [4.69, 9.17) is 4.74 Å². The number of nitrogens with one attached hydrogen (secondary N) is 1. The third-order valence-corrected chi connectivity index (χ3v) is 4.35. The smallest absolute Gasteiger partial charge is 0.337 e. The normalized spacial score (nSPS) is 12.8. The Morgan fingerprint density at radius 3 is 2.71 bits per heavy atom. The van der Waals surface area contributed by atoms with Crippen molar-refractivity contribution in [3.05, 3.63) is 56.5 Å². The maximum absolute atomic E-state index is 12.4. The number of hydrogen-bond donors (Lipinski definition) is 2. The molecule has 3 rings (SSSR count). The largest absolute Gasteiger partial charge is 0.478 e. The number of halogens is 1. The van der Waals surface area contributed by atoms with Gasteiger partial charge in [0.25, 0.3) is 5.69 Å². The molecule has 2 aromatic rings. The summed E-state index contributed by atoms with van der Waals surface area (Å²) in [5, 5.41) is 22.6. The molecule has 0 aliphatic carbocycles. The fourth-order valence-corrected chi connectivity index (χ4v) is 3.02. The molecule has 1 aliphatic rings. The predicted octanol–water partition coefficient (Wildman–Crippen LogP) is 2.42. The van der Waals surface area contributed by atoms with Gasteiger partial charge in [-0.25, -0.2) is 9.59 Å². The number of carbonyl (C=O) groups is 3. The lowest BCUT2D eigenvalue weighted by atomic mass is 10.1. The number of aromatic carboxylic acids is 1. The molecule has 28 heavy (non-hydrogen) atoms. The average molecular weight is 450 g/mol. The Balaban J connectivity index is 1.81. The maximum Gasteiger partial charge on any atom is 0.337 e. The standard InChI is InChI=1S/C17H12BrN3O7/c18-9-1-3-12(11(5-9)17(24)25)19-15(22)7-20-8-16(23)28-14-6-10(21(26)27)2-4-13(14)20/h1-6H,7-8H2,(H,19,22)(H,24,25). The second-order valence-corrected chi connectivity index (χ2v) is 6.70. The number of nitro benzene ring substituents is 1. The molecule has 0 bridgehead atoms. The van der Waals surface area contributed by atoms with Crippen LogP contribution in [0, 0.1) is 10.1 Å². The van der Waals surface area contributed by atoms with Gasteiger partial charge < -0.3 is 20.1 Å². The zero-order valence-corrected chi connectivity index (χ0v) is 15.6. The lowest BCUT2D eigenvalue weighted by Gasteiger charge is -2.29. The first-order valence-corrected chi connectivity index (χ1v) is 8.60. The maximum atomic E-state index is 12.4. The minimum Gasteiger partial charge on any atom is -0.478 e. The van der Waals surface area contributed by atoms with Crippen LogP contribution in [0.2, 0.25) is 0 Å². The number of esters is 1. The first-order valence-electron chi connectivity index (χ1n) is 7.81. The molecule has 10 nitrogen and oxygen atoms in total. The fourth-order valence-electron chi connectivity index (χ4n) is 2.66. The van der Waals surface area contributed by atoms with Crippen LogP contribution in [0.1, 0.15) is 10.4 Å². The van der Waals surface area contributed by atoms with E-state index in [0.29, 0.717) is 10.2 Å². The zero-order valence-electron chi connectivity index (χ0n) is 14.0. The number of carboxylic acid groups (broad SMARTS) is 1. The lowest BCUT2D eigenvalue weighted by molar-refractivity contribution is -0.384. The van der Waals surface area contributed by atoms with Crippen LogP contribution in [0.4, 0.5) is 17.1 Å². The van der Waals surface area contributed by atoms with Crippen LogP contribution in [0.25, 0.3) is 0 Å². The Labute approximate surface area is 166 Å². The molecule has 0 atom stereocenters. The van der Waals surface area contributed by atoms with E-state index >= 15 is 0 Å². The highest BCUT2D eigenvalue weighted by Crippen LogP contribution is 2.35. The Kier molecular flexibility index (Phi) is 5.27. The number of fused-ring (bicyclic) bond motifs is 1. The number of amides is 1. The van der Waals surface area contributed by atoms with Gasteiger partial charge in [0.15, 0.2) is 5.75 Å². The lowest BCUT2D eigenvalue weighted by Crippen LogP contribution is -2.41. The molecule has 0 unspecified atom stereocenters.